The van der Waals surface area contributed by atoms with Gasteiger partial charge in [0.25, 0.3) is 17.7 Å². The number of carbonyl (C=O) groups is 3. The molecular weight excluding hydrogens is 348 g/mol. The van der Waals surface area contributed by atoms with Crippen molar-refractivity contribution < 1.29 is 19.1 Å². The lowest BCUT2D eigenvalue weighted by Gasteiger charge is -2.35. The first-order valence-electron chi connectivity index (χ1n) is 8.79. The van der Waals surface area contributed by atoms with Crippen LogP contribution in [0.5, 0.6) is 5.75 Å². The fraction of sp³-hybridized carbons (Fsp3) is 0.316. The van der Waals surface area contributed by atoms with Crippen molar-refractivity contribution >= 4 is 23.4 Å². The summed E-state index contributed by atoms with van der Waals surface area (Å²) in [5.41, 5.74) is 1.72. The maximum absolute atomic E-state index is 12.9. The Balaban J connectivity index is 1.44. The van der Waals surface area contributed by atoms with Crippen molar-refractivity contribution in [3.63, 3.8) is 0 Å². The van der Waals surface area contributed by atoms with Gasteiger partial charge in [-0.3, -0.25) is 14.4 Å². The summed E-state index contributed by atoms with van der Waals surface area (Å²) in [6.07, 6.45) is 3.39. The molecule has 3 amide bonds. The van der Waals surface area contributed by atoms with Gasteiger partial charge in [0, 0.05) is 51.2 Å². The lowest BCUT2D eigenvalue weighted by atomic mass is 10.1. The number of anilines is 1. The van der Waals surface area contributed by atoms with E-state index in [2.05, 4.69) is 4.98 Å². The number of nitrogens with zero attached hydrogens (tertiary/aromatic N) is 3. The topological polar surface area (TPSA) is 85.9 Å². The minimum Gasteiger partial charge on any atom is -0.482 e. The van der Waals surface area contributed by atoms with Crippen LogP contribution in [0.4, 0.5) is 5.69 Å². The number of benzene rings is 1. The molecule has 1 aromatic carbocycles. The molecule has 0 bridgehead atoms. The number of fused-ring (bicyclic) bond motifs is 1. The van der Waals surface area contributed by atoms with Gasteiger partial charge in [-0.1, -0.05) is 0 Å². The van der Waals surface area contributed by atoms with E-state index < -0.39 is 0 Å². The van der Waals surface area contributed by atoms with Crippen molar-refractivity contribution in [1.82, 2.24) is 14.8 Å². The molecule has 8 heteroatoms. The van der Waals surface area contributed by atoms with Crippen LogP contribution in [0.2, 0.25) is 0 Å². The van der Waals surface area contributed by atoms with Crippen molar-refractivity contribution in [1.29, 1.82) is 0 Å². The van der Waals surface area contributed by atoms with Crippen LogP contribution in [0.15, 0.2) is 36.7 Å². The molecule has 2 aliphatic heterocycles. The molecule has 2 aromatic rings. The second kappa shape index (κ2) is 6.79. The molecule has 1 saturated heterocycles. The highest BCUT2D eigenvalue weighted by Crippen LogP contribution is 2.32. The summed E-state index contributed by atoms with van der Waals surface area (Å²) in [5.74, 6) is 0.298. The molecule has 3 heterocycles. The second-order valence-corrected chi connectivity index (χ2v) is 6.61. The molecule has 0 aliphatic carbocycles. The number of aromatic amines is 1. The Morgan fingerprint density at radius 1 is 1.00 bits per heavy atom. The SMILES string of the molecule is CN1C(=O)COc2ccc(C(=O)N3CCN(C(=O)c4cc[nH]c4)CC3)cc21. The highest BCUT2D eigenvalue weighted by molar-refractivity contribution is 6.01. The van der Waals surface area contributed by atoms with E-state index in [9.17, 15) is 14.4 Å². The predicted octanol–water partition coefficient (Wildman–Crippen LogP) is 0.968. The van der Waals surface area contributed by atoms with Crippen LogP contribution in [0.1, 0.15) is 20.7 Å². The average molecular weight is 368 g/mol. The van der Waals surface area contributed by atoms with Crippen molar-refractivity contribution in [2.45, 2.75) is 0 Å². The Labute approximate surface area is 156 Å². The second-order valence-electron chi connectivity index (χ2n) is 6.61. The molecule has 0 unspecified atom stereocenters. The van der Waals surface area contributed by atoms with Crippen LogP contribution in [-0.4, -0.2) is 72.3 Å². The maximum atomic E-state index is 12.9. The van der Waals surface area contributed by atoms with Gasteiger partial charge in [-0.2, -0.15) is 0 Å². The third kappa shape index (κ3) is 3.14. The third-order valence-corrected chi connectivity index (χ3v) is 4.99. The predicted molar refractivity (Wildman–Crippen MR) is 97.9 cm³/mol. The maximum Gasteiger partial charge on any atom is 0.264 e. The number of H-pyrrole nitrogens is 1. The average Bonchev–Trinajstić information content (AvgIpc) is 3.24. The normalized spacial score (nSPS) is 16.8. The molecule has 4 rings (SSSR count). The van der Waals surface area contributed by atoms with E-state index in [0.29, 0.717) is 48.7 Å². The van der Waals surface area contributed by atoms with Crippen LogP contribution < -0.4 is 9.64 Å². The van der Waals surface area contributed by atoms with Crippen molar-refractivity contribution in [2.75, 3.05) is 44.7 Å². The largest absolute Gasteiger partial charge is 0.482 e. The molecule has 1 fully saturated rings. The number of hydrogen-bond acceptors (Lipinski definition) is 4. The number of likely N-dealkylation sites (N-methyl/N-ethyl adjacent to an activating group) is 1. The molecule has 0 atom stereocenters. The summed E-state index contributed by atoms with van der Waals surface area (Å²) in [6.45, 7) is 1.92. The van der Waals surface area contributed by atoms with Gasteiger partial charge in [0.1, 0.15) is 5.75 Å². The van der Waals surface area contributed by atoms with Crippen LogP contribution in [-0.2, 0) is 4.79 Å². The summed E-state index contributed by atoms with van der Waals surface area (Å²) < 4.78 is 5.40. The molecule has 0 spiro atoms. The Morgan fingerprint density at radius 2 is 1.67 bits per heavy atom. The first-order chi connectivity index (χ1) is 13.0. The van der Waals surface area contributed by atoms with Crippen LogP contribution in [0.3, 0.4) is 0 Å². The highest BCUT2D eigenvalue weighted by Gasteiger charge is 2.28. The van der Waals surface area contributed by atoms with E-state index in [1.54, 1.807) is 53.5 Å². The number of ether oxygens (including phenoxy) is 1. The number of nitrogens with one attached hydrogen (secondary N) is 1. The Hall–Kier alpha value is -3.29. The molecule has 0 radical (unpaired) electrons. The van der Waals surface area contributed by atoms with E-state index in [-0.39, 0.29) is 24.3 Å². The van der Waals surface area contributed by atoms with Crippen molar-refractivity contribution in [2.24, 2.45) is 0 Å². The van der Waals surface area contributed by atoms with E-state index >= 15 is 0 Å². The van der Waals surface area contributed by atoms with E-state index in [1.165, 1.54) is 4.90 Å². The van der Waals surface area contributed by atoms with Gasteiger partial charge < -0.3 is 24.4 Å². The zero-order valence-corrected chi connectivity index (χ0v) is 15.0. The molecule has 0 saturated carbocycles. The number of piperazine rings is 1. The zero-order valence-electron chi connectivity index (χ0n) is 15.0. The van der Waals surface area contributed by atoms with Gasteiger partial charge >= 0.3 is 0 Å². The molecule has 140 valence electrons. The highest BCUT2D eigenvalue weighted by atomic mass is 16.5. The number of carbonyl (C=O) groups excluding carboxylic acids is 3. The number of amides is 3. The van der Waals surface area contributed by atoms with Gasteiger partial charge in [0.05, 0.1) is 11.3 Å². The monoisotopic (exact) mass is 368 g/mol. The summed E-state index contributed by atoms with van der Waals surface area (Å²) in [5, 5.41) is 0. The van der Waals surface area contributed by atoms with Gasteiger partial charge in [-0.05, 0) is 24.3 Å². The molecular formula is C19H20N4O4. The summed E-state index contributed by atoms with van der Waals surface area (Å²) in [7, 11) is 1.67. The van der Waals surface area contributed by atoms with Gasteiger partial charge in [0.2, 0.25) is 0 Å². The lowest BCUT2D eigenvalue weighted by molar-refractivity contribution is -0.120. The smallest absolute Gasteiger partial charge is 0.264 e. The fourth-order valence-electron chi connectivity index (χ4n) is 3.34. The summed E-state index contributed by atoms with van der Waals surface area (Å²) in [4.78, 5) is 44.9. The Kier molecular flexibility index (Phi) is 4.31. The molecule has 1 N–H and O–H groups in total. The molecule has 27 heavy (non-hydrogen) atoms. The molecule has 2 aliphatic rings. The number of hydrogen-bond donors (Lipinski definition) is 1. The van der Waals surface area contributed by atoms with Crippen LogP contribution in [0.25, 0.3) is 0 Å². The van der Waals surface area contributed by atoms with E-state index in [4.69, 9.17) is 4.74 Å². The van der Waals surface area contributed by atoms with Gasteiger partial charge in [0.15, 0.2) is 6.61 Å². The number of aromatic nitrogens is 1. The standard InChI is InChI=1S/C19H20N4O4/c1-21-15-10-13(2-3-16(15)27-12-17(21)24)18(25)22-6-8-23(9-7-22)19(26)14-4-5-20-11-14/h2-5,10-11,20H,6-9,12H2,1H3. The van der Waals surface area contributed by atoms with E-state index in [0.717, 1.165) is 0 Å². The molecule has 1 aromatic heterocycles. The van der Waals surface area contributed by atoms with Gasteiger partial charge in [-0.25, -0.2) is 0 Å². The van der Waals surface area contributed by atoms with Gasteiger partial charge in [-0.15, -0.1) is 0 Å². The first-order valence-corrected chi connectivity index (χ1v) is 8.79. The summed E-state index contributed by atoms with van der Waals surface area (Å²) in [6, 6.07) is 6.86. The van der Waals surface area contributed by atoms with Crippen LogP contribution >= 0.6 is 0 Å². The van der Waals surface area contributed by atoms with Crippen LogP contribution in [0, 0.1) is 0 Å². The quantitative estimate of drug-likeness (QED) is 0.856. The Morgan fingerprint density at radius 3 is 2.30 bits per heavy atom. The first kappa shape index (κ1) is 17.1. The minimum atomic E-state index is -0.149. The lowest BCUT2D eigenvalue weighted by Crippen LogP contribution is -2.50. The number of rotatable bonds is 2. The molecule has 8 nitrogen and oxygen atoms in total. The van der Waals surface area contributed by atoms with E-state index in [1.807, 2.05) is 0 Å². The Bertz CT molecular complexity index is 885. The van der Waals surface area contributed by atoms with Crippen molar-refractivity contribution in [3.8, 4) is 5.75 Å². The fourth-order valence-corrected chi connectivity index (χ4v) is 3.34. The zero-order chi connectivity index (χ0) is 19.0. The summed E-state index contributed by atoms with van der Waals surface area (Å²) >= 11 is 0. The van der Waals surface area contributed by atoms with Crippen molar-refractivity contribution in [3.05, 3.63) is 47.8 Å². The minimum absolute atomic E-state index is 0.00786. The third-order valence-electron chi connectivity index (χ3n) is 4.99.